The van der Waals surface area contributed by atoms with Gasteiger partial charge in [0, 0.05) is 10.6 Å². The zero-order valence-corrected chi connectivity index (χ0v) is 14.9. The molecule has 24 heavy (non-hydrogen) atoms. The van der Waals surface area contributed by atoms with Gasteiger partial charge in [-0.05, 0) is 50.6 Å². The van der Waals surface area contributed by atoms with Crippen molar-refractivity contribution in [2.45, 2.75) is 25.7 Å². The molecule has 0 aromatic heterocycles. The Kier molecular flexibility index (Phi) is 6.44. The highest BCUT2D eigenvalue weighted by Gasteiger charge is 2.14. The van der Waals surface area contributed by atoms with Crippen LogP contribution in [0.1, 0.15) is 28.4 Å². The predicted octanol–water partition coefficient (Wildman–Crippen LogP) is 4.21. The molecule has 0 radical (unpaired) electrons. The number of benzene rings is 2. The van der Waals surface area contributed by atoms with E-state index in [2.05, 4.69) is 5.32 Å². The lowest BCUT2D eigenvalue weighted by molar-refractivity contribution is -0.113. The Labute approximate surface area is 146 Å². The van der Waals surface area contributed by atoms with E-state index in [0.29, 0.717) is 29.2 Å². The van der Waals surface area contributed by atoms with Gasteiger partial charge in [0.05, 0.1) is 17.9 Å². The summed E-state index contributed by atoms with van der Waals surface area (Å²) >= 11 is 1.48. The third kappa shape index (κ3) is 4.86. The van der Waals surface area contributed by atoms with Crippen LogP contribution in [0.2, 0.25) is 0 Å². The molecule has 0 atom stereocenters. The number of carbonyl (C=O) groups is 2. The molecule has 4 nitrogen and oxygen atoms in total. The number of esters is 1. The van der Waals surface area contributed by atoms with Crippen molar-refractivity contribution in [1.82, 2.24) is 0 Å². The lowest BCUT2D eigenvalue weighted by atomic mass is 10.1. The van der Waals surface area contributed by atoms with Crippen molar-refractivity contribution in [2.24, 2.45) is 0 Å². The van der Waals surface area contributed by atoms with Crippen molar-refractivity contribution in [1.29, 1.82) is 0 Å². The topological polar surface area (TPSA) is 55.4 Å². The number of rotatable bonds is 6. The molecule has 0 spiro atoms. The van der Waals surface area contributed by atoms with E-state index in [0.717, 1.165) is 4.90 Å². The lowest BCUT2D eigenvalue weighted by Gasteiger charge is -2.12. The van der Waals surface area contributed by atoms with Crippen LogP contribution in [0.15, 0.2) is 47.4 Å². The van der Waals surface area contributed by atoms with Crippen molar-refractivity contribution < 1.29 is 14.3 Å². The lowest BCUT2D eigenvalue weighted by Crippen LogP contribution is -2.16. The van der Waals surface area contributed by atoms with Gasteiger partial charge < -0.3 is 10.1 Å². The Bertz CT molecular complexity index is 726. The summed E-state index contributed by atoms with van der Waals surface area (Å²) in [7, 11) is 0. The average molecular weight is 343 g/mol. The van der Waals surface area contributed by atoms with E-state index in [4.69, 9.17) is 4.74 Å². The normalized spacial score (nSPS) is 10.3. The van der Waals surface area contributed by atoms with Gasteiger partial charge >= 0.3 is 5.97 Å². The maximum atomic E-state index is 12.2. The third-order valence-electron chi connectivity index (χ3n) is 3.49. The van der Waals surface area contributed by atoms with E-state index >= 15 is 0 Å². The number of anilines is 1. The molecule has 0 aliphatic carbocycles. The molecule has 0 aliphatic heterocycles. The van der Waals surface area contributed by atoms with Crippen LogP contribution in [0.25, 0.3) is 0 Å². The first kappa shape index (κ1) is 18.1. The molecule has 0 fully saturated rings. The number of ether oxygens (including phenoxy) is 1. The molecule has 0 saturated heterocycles. The molecular weight excluding hydrogens is 322 g/mol. The van der Waals surface area contributed by atoms with Crippen LogP contribution in [-0.2, 0) is 9.53 Å². The molecular formula is C19H21NO3S. The fourth-order valence-corrected chi connectivity index (χ4v) is 2.87. The second-order valence-electron chi connectivity index (χ2n) is 5.35. The fourth-order valence-electron chi connectivity index (χ4n) is 2.17. The van der Waals surface area contributed by atoms with Gasteiger partial charge in [0.1, 0.15) is 0 Å². The molecule has 0 heterocycles. The highest BCUT2D eigenvalue weighted by atomic mass is 32.2. The second kappa shape index (κ2) is 8.55. The van der Waals surface area contributed by atoms with Crippen molar-refractivity contribution in [3.8, 4) is 0 Å². The summed E-state index contributed by atoms with van der Waals surface area (Å²) in [4.78, 5) is 25.1. The van der Waals surface area contributed by atoms with E-state index in [1.54, 1.807) is 32.0 Å². The molecule has 126 valence electrons. The number of thioether (sulfide) groups is 1. The van der Waals surface area contributed by atoms with E-state index in [1.807, 2.05) is 31.2 Å². The monoisotopic (exact) mass is 343 g/mol. The summed E-state index contributed by atoms with van der Waals surface area (Å²) in [5.41, 5.74) is 3.01. The van der Waals surface area contributed by atoms with Gasteiger partial charge in [-0.2, -0.15) is 0 Å². The van der Waals surface area contributed by atoms with Gasteiger partial charge in [-0.25, -0.2) is 4.79 Å². The molecule has 2 aromatic carbocycles. The Hall–Kier alpha value is -2.27. The molecule has 0 unspecified atom stereocenters. The van der Waals surface area contributed by atoms with Gasteiger partial charge in [-0.1, -0.05) is 23.8 Å². The maximum Gasteiger partial charge on any atom is 0.338 e. The van der Waals surface area contributed by atoms with Crippen LogP contribution in [0, 0.1) is 13.8 Å². The Morgan fingerprint density at radius 1 is 1.08 bits per heavy atom. The van der Waals surface area contributed by atoms with Crippen LogP contribution in [0.3, 0.4) is 0 Å². The SMILES string of the molecule is CCOC(=O)c1cccc(NC(=O)CSc2ccc(C)cc2)c1C. The fraction of sp³-hybridized carbons (Fsp3) is 0.263. The first-order chi connectivity index (χ1) is 11.5. The van der Waals surface area contributed by atoms with E-state index in [-0.39, 0.29) is 11.9 Å². The number of aryl methyl sites for hydroxylation is 1. The van der Waals surface area contributed by atoms with Crippen molar-refractivity contribution >= 4 is 29.3 Å². The Balaban J connectivity index is 1.99. The van der Waals surface area contributed by atoms with Gasteiger partial charge in [0.25, 0.3) is 0 Å². The molecule has 0 saturated carbocycles. The van der Waals surface area contributed by atoms with E-state index in [1.165, 1.54) is 17.3 Å². The molecule has 2 rings (SSSR count). The first-order valence-corrected chi connectivity index (χ1v) is 8.76. The van der Waals surface area contributed by atoms with Crippen LogP contribution in [0.4, 0.5) is 5.69 Å². The Morgan fingerprint density at radius 2 is 1.79 bits per heavy atom. The maximum absolute atomic E-state index is 12.2. The molecule has 1 amide bonds. The first-order valence-electron chi connectivity index (χ1n) is 7.77. The van der Waals surface area contributed by atoms with Crippen LogP contribution < -0.4 is 5.32 Å². The predicted molar refractivity (Wildman–Crippen MR) is 97.7 cm³/mol. The number of nitrogens with one attached hydrogen (secondary N) is 1. The minimum Gasteiger partial charge on any atom is -0.462 e. The third-order valence-corrected chi connectivity index (χ3v) is 4.51. The standard InChI is InChI=1S/C19H21NO3S/c1-4-23-19(22)16-6-5-7-17(14(16)3)20-18(21)12-24-15-10-8-13(2)9-11-15/h5-11H,4,12H2,1-3H3,(H,20,21). The van der Waals surface area contributed by atoms with Crippen LogP contribution >= 0.6 is 11.8 Å². The van der Waals surface area contributed by atoms with Crippen molar-refractivity contribution in [3.63, 3.8) is 0 Å². The zero-order chi connectivity index (χ0) is 17.5. The Morgan fingerprint density at radius 3 is 2.46 bits per heavy atom. The smallest absolute Gasteiger partial charge is 0.338 e. The van der Waals surface area contributed by atoms with Gasteiger partial charge in [0.2, 0.25) is 5.91 Å². The van der Waals surface area contributed by atoms with Gasteiger partial charge in [0.15, 0.2) is 0 Å². The second-order valence-corrected chi connectivity index (χ2v) is 6.40. The average Bonchev–Trinajstić information content (AvgIpc) is 2.56. The number of carbonyl (C=O) groups excluding carboxylic acids is 2. The van der Waals surface area contributed by atoms with Crippen molar-refractivity contribution in [2.75, 3.05) is 17.7 Å². The van der Waals surface area contributed by atoms with Gasteiger partial charge in [-0.3, -0.25) is 4.79 Å². The quantitative estimate of drug-likeness (QED) is 0.630. The van der Waals surface area contributed by atoms with E-state index in [9.17, 15) is 9.59 Å². The molecule has 0 aliphatic rings. The zero-order valence-electron chi connectivity index (χ0n) is 14.1. The number of hydrogen-bond acceptors (Lipinski definition) is 4. The van der Waals surface area contributed by atoms with E-state index < -0.39 is 0 Å². The highest BCUT2D eigenvalue weighted by molar-refractivity contribution is 8.00. The summed E-state index contributed by atoms with van der Waals surface area (Å²) in [5.74, 6) is -0.170. The minimum absolute atomic E-state index is 0.107. The molecule has 0 bridgehead atoms. The minimum atomic E-state index is -0.375. The summed E-state index contributed by atoms with van der Waals surface area (Å²) in [6, 6.07) is 13.3. The van der Waals surface area contributed by atoms with Crippen molar-refractivity contribution in [3.05, 3.63) is 59.2 Å². The number of amides is 1. The highest BCUT2D eigenvalue weighted by Crippen LogP contribution is 2.22. The molecule has 1 N–H and O–H groups in total. The summed E-state index contributed by atoms with van der Waals surface area (Å²) in [5, 5.41) is 2.86. The van der Waals surface area contributed by atoms with Gasteiger partial charge in [-0.15, -0.1) is 11.8 Å². The summed E-state index contributed by atoms with van der Waals surface area (Å²) in [6.45, 7) is 5.92. The van der Waals surface area contributed by atoms with Crippen LogP contribution in [-0.4, -0.2) is 24.2 Å². The van der Waals surface area contributed by atoms with Crippen LogP contribution in [0.5, 0.6) is 0 Å². The molecule has 2 aromatic rings. The summed E-state index contributed by atoms with van der Waals surface area (Å²) in [6.07, 6.45) is 0. The molecule has 5 heteroatoms. The summed E-state index contributed by atoms with van der Waals surface area (Å²) < 4.78 is 5.03. The number of hydrogen-bond donors (Lipinski definition) is 1. The largest absolute Gasteiger partial charge is 0.462 e.